The van der Waals surface area contributed by atoms with E-state index in [9.17, 15) is 4.39 Å². The number of nitrogens with zero attached hydrogens (tertiary/aromatic N) is 2. The normalized spacial score (nSPS) is 11.0. The number of imidazole rings is 1. The zero-order valence-electron chi connectivity index (χ0n) is 11.7. The zero-order valence-corrected chi connectivity index (χ0v) is 11.7. The molecule has 1 N–H and O–H groups in total. The van der Waals surface area contributed by atoms with Crippen LogP contribution in [0.25, 0.3) is 0 Å². The van der Waals surface area contributed by atoms with Crippen molar-refractivity contribution < 1.29 is 4.39 Å². The van der Waals surface area contributed by atoms with Gasteiger partial charge in [0.1, 0.15) is 5.82 Å². The summed E-state index contributed by atoms with van der Waals surface area (Å²) >= 11 is 0. The molecule has 0 fully saturated rings. The van der Waals surface area contributed by atoms with Crippen molar-refractivity contribution in [3.05, 3.63) is 47.5 Å². The summed E-state index contributed by atoms with van der Waals surface area (Å²) in [5.41, 5.74) is 1.90. The summed E-state index contributed by atoms with van der Waals surface area (Å²) in [6, 6.07) is 6.67. The Balaban J connectivity index is 2.15. The quantitative estimate of drug-likeness (QED) is 0.893. The maximum Gasteiger partial charge on any atom is 0.203 e. The molecule has 1 heterocycles. The molecule has 0 spiro atoms. The Morgan fingerprint density at radius 3 is 2.84 bits per heavy atom. The largest absolute Gasteiger partial charge is 0.355 e. The van der Waals surface area contributed by atoms with E-state index >= 15 is 0 Å². The Morgan fingerprint density at radius 1 is 1.37 bits per heavy atom. The van der Waals surface area contributed by atoms with Crippen molar-refractivity contribution in [1.29, 1.82) is 0 Å². The van der Waals surface area contributed by atoms with Crippen molar-refractivity contribution in [2.24, 2.45) is 5.92 Å². The Morgan fingerprint density at radius 2 is 2.16 bits per heavy atom. The minimum absolute atomic E-state index is 0.203. The summed E-state index contributed by atoms with van der Waals surface area (Å²) in [5.74, 6) is 1.20. The number of aromatic nitrogens is 2. The van der Waals surface area contributed by atoms with Gasteiger partial charge in [-0.1, -0.05) is 26.0 Å². The first-order chi connectivity index (χ1) is 9.04. The first-order valence-electron chi connectivity index (χ1n) is 6.56. The molecule has 2 rings (SSSR count). The molecular weight excluding hydrogens is 241 g/mol. The monoisotopic (exact) mass is 261 g/mol. The summed E-state index contributed by atoms with van der Waals surface area (Å²) in [6.45, 7) is 7.76. The molecule has 19 heavy (non-hydrogen) atoms. The molecule has 0 radical (unpaired) electrons. The predicted octanol–water partition coefficient (Wildman–Crippen LogP) is 3.45. The number of nitrogens with one attached hydrogen (secondary N) is 1. The predicted molar refractivity (Wildman–Crippen MR) is 75.8 cm³/mol. The van der Waals surface area contributed by atoms with Gasteiger partial charge in [0.2, 0.25) is 5.95 Å². The lowest BCUT2D eigenvalue weighted by atomic mass is 10.2. The van der Waals surface area contributed by atoms with Crippen LogP contribution in [0.4, 0.5) is 10.3 Å². The lowest BCUT2D eigenvalue weighted by molar-refractivity contribution is 0.623. The Kier molecular flexibility index (Phi) is 4.20. The van der Waals surface area contributed by atoms with Gasteiger partial charge in [-0.3, -0.25) is 0 Å². The van der Waals surface area contributed by atoms with Gasteiger partial charge in [-0.25, -0.2) is 9.37 Å². The van der Waals surface area contributed by atoms with Gasteiger partial charge in [0, 0.05) is 12.7 Å². The topological polar surface area (TPSA) is 29.9 Å². The van der Waals surface area contributed by atoms with Gasteiger partial charge < -0.3 is 9.88 Å². The van der Waals surface area contributed by atoms with Crippen LogP contribution < -0.4 is 5.32 Å². The average molecular weight is 261 g/mol. The van der Waals surface area contributed by atoms with Gasteiger partial charge in [0.25, 0.3) is 0 Å². The number of hydrogen-bond donors (Lipinski definition) is 1. The van der Waals surface area contributed by atoms with E-state index in [1.165, 1.54) is 6.07 Å². The summed E-state index contributed by atoms with van der Waals surface area (Å²) in [7, 11) is 0. The van der Waals surface area contributed by atoms with Crippen molar-refractivity contribution in [2.75, 3.05) is 11.9 Å². The number of anilines is 1. The molecule has 0 saturated carbocycles. The van der Waals surface area contributed by atoms with Gasteiger partial charge in [0.15, 0.2) is 0 Å². The molecule has 0 saturated heterocycles. The third-order valence-electron chi connectivity index (χ3n) is 2.81. The second kappa shape index (κ2) is 5.87. The second-order valence-corrected chi connectivity index (χ2v) is 5.24. The molecule has 0 amide bonds. The van der Waals surface area contributed by atoms with Crippen molar-refractivity contribution in [3.63, 3.8) is 0 Å². The van der Waals surface area contributed by atoms with Crippen molar-refractivity contribution in [3.8, 4) is 0 Å². The van der Waals surface area contributed by atoms with Gasteiger partial charge in [-0.2, -0.15) is 0 Å². The van der Waals surface area contributed by atoms with Gasteiger partial charge in [-0.15, -0.1) is 0 Å². The Labute approximate surface area is 113 Å². The number of hydrogen-bond acceptors (Lipinski definition) is 2. The van der Waals surface area contributed by atoms with E-state index in [0.717, 1.165) is 23.8 Å². The molecule has 2 aromatic rings. The molecule has 0 aliphatic rings. The number of benzene rings is 1. The maximum atomic E-state index is 13.2. The zero-order chi connectivity index (χ0) is 13.8. The fraction of sp³-hybridized carbons (Fsp3) is 0.400. The Bertz CT molecular complexity index is 546. The summed E-state index contributed by atoms with van der Waals surface area (Å²) in [4.78, 5) is 4.46. The average Bonchev–Trinajstić information content (AvgIpc) is 2.67. The summed E-state index contributed by atoms with van der Waals surface area (Å²) in [6.07, 6.45) is 1.98. The highest BCUT2D eigenvalue weighted by Crippen LogP contribution is 2.13. The molecule has 0 bridgehead atoms. The third-order valence-corrected chi connectivity index (χ3v) is 2.81. The molecule has 0 aliphatic heterocycles. The van der Waals surface area contributed by atoms with Crippen LogP contribution in [-0.2, 0) is 6.54 Å². The van der Waals surface area contributed by atoms with E-state index in [0.29, 0.717) is 12.5 Å². The van der Waals surface area contributed by atoms with E-state index in [1.54, 1.807) is 12.1 Å². The molecule has 1 aromatic heterocycles. The number of halogens is 1. The van der Waals surface area contributed by atoms with Crippen LogP contribution in [-0.4, -0.2) is 16.1 Å². The van der Waals surface area contributed by atoms with Crippen molar-refractivity contribution in [1.82, 2.24) is 9.55 Å². The molecule has 0 atom stereocenters. The highest BCUT2D eigenvalue weighted by molar-refractivity contribution is 5.30. The van der Waals surface area contributed by atoms with Crippen LogP contribution >= 0.6 is 0 Å². The Hall–Kier alpha value is -1.84. The van der Waals surface area contributed by atoms with Crippen LogP contribution in [0.2, 0.25) is 0 Å². The lowest BCUT2D eigenvalue weighted by Gasteiger charge is -2.11. The first-order valence-corrected chi connectivity index (χ1v) is 6.56. The minimum Gasteiger partial charge on any atom is -0.355 e. The van der Waals surface area contributed by atoms with Crippen LogP contribution in [0, 0.1) is 18.7 Å². The highest BCUT2D eigenvalue weighted by atomic mass is 19.1. The van der Waals surface area contributed by atoms with Crippen molar-refractivity contribution >= 4 is 5.95 Å². The molecule has 3 nitrogen and oxygen atoms in total. The molecule has 0 aliphatic carbocycles. The minimum atomic E-state index is -0.203. The highest BCUT2D eigenvalue weighted by Gasteiger charge is 2.07. The van der Waals surface area contributed by atoms with Crippen molar-refractivity contribution in [2.45, 2.75) is 27.3 Å². The maximum absolute atomic E-state index is 13.2. The van der Waals surface area contributed by atoms with Crippen LogP contribution in [0.15, 0.2) is 30.5 Å². The molecule has 0 unspecified atom stereocenters. The lowest BCUT2D eigenvalue weighted by Crippen LogP contribution is -2.13. The SMILES string of the molecule is Cc1cn(Cc2cccc(F)c2)c(NCC(C)C)n1. The van der Waals surface area contributed by atoms with E-state index in [4.69, 9.17) is 0 Å². The number of aryl methyl sites for hydroxylation is 1. The third kappa shape index (κ3) is 3.81. The molecule has 102 valence electrons. The van der Waals surface area contributed by atoms with E-state index < -0.39 is 0 Å². The molecular formula is C15H20FN3. The van der Waals surface area contributed by atoms with E-state index in [2.05, 4.69) is 24.1 Å². The van der Waals surface area contributed by atoms with Gasteiger partial charge >= 0.3 is 0 Å². The standard InChI is InChI=1S/C15H20FN3/c1-11(2)8-17-15-18-12(3)9-19(15)10-13-5-4-6-14(16)7-13/h4-7,9,11H,8,10H2,1-3H3,(H,17,18). The van der Waals surface area contributed by atoms with E-state index in [1.807, 2.05) is 23.8 Å². The van der Waals surface area contributed by atoms with Crippen LogP contribution in [0.1, 0.15) is 25.1 Å². The molecule has 1 aromatic carbocycles. The fourth-order valence-electron chi connectivity index (χ4n) is 1.94. The van der Waals surface area contributed by atoms with E-state index in [-0.39, 0.29) is 5.82 Å². The summed E-state index contributed by atoms with van der Waals surface area (Å²) < 4.78 is 15.2. The molecule has 4 heteroatoms. The summed E-state index contributed by atoms with van der Waals surface area (Å²) in [5, 5.41) is 3.33. The van der Waals surface area contributed by atoms with Gasteiger partial charge in [0.05, 0.1) is 12.2 Å². The smallest absolute Gasteiger partial charge is 0.203 e. The number of rotatable bonds is 5. The first kappa shape index (κ1) is 13.6. The second-order valence-electron chi connectivity index (χ2n) is 5.24. The van der Waals surface area contributed by atoms with Gasteiger partial charge in [-0.05, 0) is 30.5 Å². The fourth-order valence-corrected chi connectivity index (χ4v) is 1.94. The van der Waals surface area contributed by atoms with Crippen LogP contribution in [0.5, 0.6) is 0 Å². The van der Waals surface area contributed by atoms with Crippen LogP contribution in [0.3, 0.4) is 0 Å².